The largest absolute Gasteiger partial charge is 0.462 e. The summed E-state index contributed by atoms with van der Waals surface area (Å²) in [5, 5.41) is 0. The number of carbonyl (C=O) groups excluding carboxylic acids is 3. The average Bonchev–Trinajstić information content (AvgIpc) is 3.38. The van der Waals surface area contributed by atoms with Crippen molar-refractivity contribution in [2.24, 2.45) is 0 Å². The van der Waals surface area contributed by atoms with Crippen LogP contribution in [0.2, 0.25) is 0 Å². The van der Waals surface area contributed by atoms with Gasteiger partial charge in [-0.25, -0.2) is 0 Å². The van der Waals surface area contributed by atoms with Gasteiger partial charge in [-0.2, -0.15) is 0 Å². The van der Waals surface area contributed by atoms with E-state index in [0.717, 1.165) is 116 Å². The maximum absolute atomic E-state index is 12.9. The van der Waals surface area contributed by atoms with E-state index in [9.17, 15) is 14.4 Å². The SMILES string of the molecule is CC/C=C\C/C=C\C/C=C\C/C=C\C/C=C\CCCCCCCC(=O)OCC(COC(=O)CCCCCCC/C=C\CCCCCCCCC)OC(=O)CCCCCCCCCCCCCCCCCCC. The lowest BCUT2D eigenvalue weighted by molar-refractivity contribution is -0.167. The van der Waals surface area contributed by atoms with Crippen LogP contribution in [0.3, 0.4) is 0 Å². The van der Waals surface area contributed by atoms with Crippen LogP contribution in [0.5, 0.6) is 0 Å². The third-order valence-electron chi connectivity index (χ3n) is 13.4. The van der Waals surface area contributed by atoms with Crippen LogP contribution in [0.25, 0.3) is 0 Å². The number of ether oxygens (including phenoxy) is 3. The molecule has 0 aromatic heterocycles. The molecule has 0 radical (unpaired) electrons. The molecular formula is C66H116O6. The molecule has 0 aliphatic heterocycles. The molecule has 0 amide bonds. The molecule has 0 bridgehead atoms. The molecule has 6 nitrogen and oxygen atoms in total. The van der Waals surface area contributed by atoms with E-state index in [1.165, 1.54) is 154 Å². The zero-order chi connectivity index (χ0) is 52.2. The van der Waals surface area contributed by atoms with Crippen molar-refractivity contribution in [2.75, 3.05) is 13.2 Å². The molecule has 0 saturated heterocycles. The second kappa shape index (κ2) is 60.4. The van der Waals surface area contributed by atoms with E-state index in [2.05, 4.69) is 93.7 Å². The second-order valence-corrected chi connectivity index (χ2v) is 20.6. The van der Waals surface area contributed by atoms with Crippen molar-refractivity contribution in [3.05, 3.63) is 72.9 Å². The summed E-state index contributed by atoms with van der Waals surface area (Å²) < 4.78 is 16.9. The minimum atomic E-state index is -0.786. The van der Waals surface area contributed by atoms with Gasteiger partial charge in [-0.3, -0.25) is 14.4 Å². The Morgan fingerprint density at radius 1 is 0.292 bits per heavy atom. The molecule has 6 heteroatoms. The Hall–Kier alpha value is -3.15. The van der Waals surface area contributed by atoms with Gasteiger partial charge in [-0.1, -0.05) is 273 Å². The van der Waals surface area contributed by atoms with Crippen molar-refractivity contribution in [3.63, 3.8) is 0 Å². The first-order valence-electron chi connectivity index (χ1n) is 30.9. The van der Waals surface area contributed by atoms with Crippen molar-refractivity contribution in [1.29, 1.82) is 0 Å². The van der Waals surface area contributed by atoms with Gasteiger partial charge in [0.05, 0.1) is 0 Å². The van der Waals surface area contributed by atoms with Gasteiger partial charge in [0.1, 0.15) is 13.2 Å². The van der Waals surface area contributed by atoms with Gasteiger partial charge in [0, 0.05) is 19.3 Å². The van der Waals surface area contributed by atoms with Crippen LogP contribution in [0.4, 0.5) is 0 Å². The number of allylic oxidation sites excluding steroid dienone is 12. The van der Waals surface area contributed by atoms with Crippen molar-refractivity contribution in [1.82, 2.24) is 0 Å². The van der Waals surface area contributed by atoms with Gasteiger partial charge in [-0.15, -0.1) is 0 Å². The Bertz CT molecular complexity index is 1340. The van der Waals surface area contributed by atoms with Gasteiger partial charge >= 0.3 is 17.9 Å². The highest BCUT2D eigenvalue weighted by atomic mass is 16.6. The monoisotopic (exact) mass is 1000 g/mol. The van der Waals surface area contributed by atoms with Gasteiger partial charge in [0.2, 0.25) is 0 Å². The van der Waals surface area contributed by atoms with Crippen LogP contribution in [-0.2, 0) is 28.6 Å². The number of unbranched alkanes of at least 4 members (excludes halogenated alkanes) is 33. The third-order valence-corrected chi connectivity index (χ3v) is 13.4. The van der Waals surface area contributed by atoms with Crippen molar-refractivity contribution in [2.45, 2.75) is 316 Å². The lowest BCUT2D eigenvalue weighted by Crippen LogP contribution is -2.30. The molecule has 1 unspecified atom stereocenters. The van der Waals surface area contributed by atoms with E-state index < -0.39 is 6.10 Å². The molecule has 0 saturated carbocycles. The molecule has 0 aliphatic carbocycles. The van der Waals surface area contributed by atoms with Crippen molar-refractivity contribution < 1.29 is 28.6 Å². The van der Waals surface area contributed by atoms with Crippen LogP contribution in [0, 0.1) is 0 Å². The van der Waals surface area contributed by atoms with E-state index in [0.29, 0.717) is 19.3 Å². The summed E-state index contributed by atoms with van der Waals surface area (Å²) in [6, 6.07) is 0. The molecule has 0 spiro atoms. The fourth-order valence-electron chi connectivity index (χ4n) is 8.82. The maximum atomic E-state index is 12.9. The molecule has 0 fully saturated rings. The Morgan fingerprint density at radius 3 is 0.861 bits per heavy atom. The Kier molecular flexibility index (Phi) is 57.8. The van der Waals surface area contributed by atoms with E-state index in [1.807, 2.05) is 0 Å². The van der Waals surface area contributed by atoms with E-state index in [-0.39, 0.29) is 31.1 Å². The van der Waals surface area contributed by atoms with Crippen LogP contribution in [-0.4, -0.2) is 37.2 Å². The number of hydrogen-bond donors (Lipinski definition) is 0. The first-order chi connectivity index (χ1) is 35.5. The molecule has 1 atom stereocenters. The quantitative estimate of drug-likeness (QED) is 0.0261. The summed E-state index contributed by atoms with van der Waals surface area (Å²) in [5.74, 6) is -0.895. The summed E-state index contributed by atoms with van der Waals surface area (Å²) in [4.78, 5) is 38.3. The predicted octanol–water partition coefficient (Wildman–Crippen LogP) is 20.9. The van der Waals surface area contributed by atoms with Crippen LogP contribution >= 0.6 is 0 Å². The summed E-state index contributed by atoms with van der Waals surface area (Å²) in [6.07, 6.45) is 77.5. The van der Waals surface area contributed by atoms with Crippen molar-refractivity contribution in [3.8, 4) is 0 Å². The van der Waals surface area contributed by atoms with Crippen LogP contribution in [0.15, 0.2) is 72.9 Å². The topological polar surface area (TPSA) is 78.9 Å². The van der Waals surface area contributed by atoms with Crippen LogP contribution in [0.1, 0.15) is 310 Å². The third kappa shape index (κ3) is 57.7. The Balaban J connectivity index is 4.40. The molecule has 0 aromatic rings. The molecule has 0 aliphatic rings. The molecule has 416 valence electrons. The molecule has 0 heterocycles. The lowest BCUT2D eigenvalue weighted by Gasteiger charge is -2.18. The molecule has 72 heavy (non-hydrogen) atoms. The summed E-state index contributed by atoms with van der Waals surface area (Å²) in [7, 11) is 0. The molecule has 0 N–H and O–H groups in total. The first kappa shape index (κ1) is 68.8. The highest BCUT2D eigenvalue weighted by molar-refractivity contribution is 5.71. The summed E-state index contributed by atoms with van der Waals surface area (Å²) in [5.41, 5.74) is 0. The minimum absolute atomic E-state index is 0.0834. The van der Waals surface area contributed by atoms with Gasteiger partial charge in [0.15, 0.2) is 6.10 Å². The van der Waals surface area contributed by atoms with E-state index >= 15 is 0 Å². The normalized spacial score (nSPS) is 12.5. The predicted molar refractivity (Wildman–Crippen MR) is 311 cm³/mol. The van der Waals surface area contributed by atoms with Gasteiger partial charge in [-0.05, 0) is 89.9 Å². The number of hydrogen-bond acceptors (Lipinski definition) is 6. The Morgan fingerprint density at radius 2 is 0.542 bits per heavy atom. The standard InChI is InChI=1S/C66H116O6/c1-4-7-10-13-16-19-22-25-28-31-32-33-34-36-38-41-44-47-50-53-56-59-65(68)71-62-63(61-70-64(67)58-55-52-49-46-43-40-37-30-27-24-21-18-15-12-9-6-3)72-66(69)60-57-54-51-48-45-42-39-35-29-26-23-20-17-14-11-8-5-2/h7,10,16,19,25,28,30,32-33,36-38,63H,4-6,8-9,11-15,17-18,20-24,26-27,29,31,34-35,39-62H2,1-3H3/b10-7-,19-16-,28-25-,33-32-,37-30-,38-36-. The fraction of sp³-hybridized carbons (Fsp3) is 0.773. The molecular weight excluding hydrogens is 889 g/mol. The lowest BCUT2D eigenvalue weighted by atomic mass is 10.0. The zero-order valence-corrected chi connectivity index (χ0v) is 47.7. The smallest absolute Gasteiger partial charge is 0.306 e. The molecule has 0 rings (SSSR count). The summed E-state index contributed by atoms with van der Waals surface area (Å²) in [6.45, 7) is 6.54. The number of esters is 3. The summed E-state index contributed by atoms with van der Waals surface area (Å²) >= 11 is 0. The average molecular weight is 1010 g/mol. The highest BCUT2D eigenvalue weighted by Gasteiger charge is 2.19. The molecule has 0 aromatic carbocycles. The van der Waals surface area contributed by atoms with E-state index in [4.69, 9.17) is 14.2 Å². The zero-order valence-electron chi connectivity index (χ0n) is 47.7. The van der Waals surface area contributed by atoms with E-state index in [1.54, 1.807) is 0 Å². The van der Waals surface area contributed by atoms with Crippen molar-refractivity contribution >= 4 is 17.9 Å². The highest BCUT2D eigenvalue weighted by Crippen LogP contribution is 2.16. The number of rotatable bonds is 56. The first-order valence-corrected chi connectivity index (χ1v) is 30.9. The number of carbonyl (C=O) groups is 3. The van der Waals surface area contributed by atoms with Crippen LogP contribution < -0.4 is 0 Å². The van der Waals surface area contributed by atoms with Gasteiger partial charge < -0.3 is 14.2 Å². The minimum Gasteiger partial charge on any atom is -0.462 e. The Labute approximate surface area is 446 Å². The maximum Gasteiger partial charge on any atom is 0.306 e. The van der Waals surface area contributed by atoms with Gasteiger partial charge in [0.25, 0.3) is 0 Å². The second-order valence-electron chi connectivity index (χ2n) is 20.6. The fourth-order valence-corrected chi connectivity index (χ4v) is 8.82.